The Balaban J connectivity index is 0.000000360. The van der Waals surface area contributed by atoms with Gasteiger partial charge in [0.05, 0.1) is 12.2 Å². The van der Waals surface area contributed by atoms with E-state index >= 15 is 0 Å². The molecule has 4 rings (SSSR count). The zero-order valence-electron chi connectivity index (χ0n) is 18.7. The minimum Gasteiger partial charge on any atom is -0.475 e. The van der Waals surface area contributed by atoms with E-state index in [2.05, 4.69) is 27.9 Å². The van der Waals surface area contributed by atoms with Crippen LogP contribution in [-0.4, -0.2) is 77.0 Å². The number of halogens is 3. The number of hydrogen-bond acceptors (Lipinski definition) is 5. The van der Waals surface area contributed by atoms with Crippen molar-refractivity contribution in [2.75, 3.05) is 33.3 Å². The first-order valence-electron chi connectivity index (χ1n) is 11.4. The number of ether oxygens (including phenoxy) is 1. The minimum absolute atomic E-state index is 0.153. The van der Waals surface area contributed by atoms with Crippen LogP contribution in [0.1, 0.15) is 50.5 Å². The quantitative estimate of drug-likeness (QED) is 0.722. The van der Waals surface area contributed by atoms with Crippen LogP contribution in [0.15, 0.2) is 24.5 Å². The minimum atomic E-state index is -5.08. The van der Waals surface area contributed by atoms with E-state index in [-0.39, 0.29) is 5.60 Å². The number of carboxylic acids is 1. The van der Waals surface area contributed by atoms with E-state index in [9.17, 15) is 13.2 Å². The van der Waals surface area contributed by atoms with Gasteiger partial charge in [-0.1, -0.05) is 18.9 Å². The molecule has 1 aromatic rings. The number of hydrogen-bond donors (Lipinski definition) is 1. The van der Waals surface area contributed by atoms with E-state index in [4.69, 9.17) is 14.6 Å². The van der Waals surface area contributed by atoms with Gasteiger partial charge in [-0.15, -0.1) is 0 Å². The molecule has 1 N–H and O–H groups in total. The molecular weight excluding hydrogens is 423 g/mol. The summed E-state index contributed by atoms with van der Waals surface area (Å²) in [6.07, 6.45) is 8.20. The van der Waals surface area contributed by atoms with Crippen LogP contribution in [0, 0.1) is 5.92 Å². The summed E-state index contributed by atoms with van der Waals surface area (Å²) in [7, 11) is 2.23. The summed E-state index contributed by atoms with van der Waals surface area (Å²) in [4.78, 5) is 18.3. The lowest BCUT2D eigenvalue weighted by atomic mass is 9.86. The Labute approximate surface area is 187 Å². The third-order valence-electron chi connectivity index (χ3n) is 6.97. The van der Waals surface area contributed by atoms with Crippen LogP contribution >= 0.6 is 0 Å². The van der Waals surface area contributed by atoms with Gasteiger partial charge in [-0.25, -0.2) is 4.79 Å². The van der Waals surface area contributed by atoms with Crippen LogP contribution in [0.5, 0.6) is 0 Å². The van der Waals surface area contributed by atoms with Gasteiger partial charge in [0.15, 0.2) is 0 Å². The first-order valence-corrected chi connectivity index (χ1v) is 11.4. The number of likely N-dealkylation sites (N-methyl/N-ethyl adjacent to an activating group) is 1. The number of rotatable bonds is 5. The normalized spacial score (nSPS) is 24.0. The maximum absolute atomic E-state index is 10.6. The van der Waals surface area contributed by atoms with Gasteiger partial charge in [0.2, 0.25) is 0 Å². The Morgan fingerprint density at radius 1 is 1.31 bits per heavy atom. The van der Waals surface area contributed by atoms with Gasteiger partial charge >= 0.3 is 12.1 Å². The second-order valence-electron chi connectivity index (χ2n) is 9.38. The summed E-state index contributed by atoms with van der Waals surface area (Å²) >= 11 is 0. The Hall–Kier alpha value is -1.71. The molecule has 0 aromatic carbocycles. The summed E-state index contributed by atoms with van der Waals surface area (Å²) < 4.78 is 38.1. The zero-order chi connectivity index (χ0) is 23.2. The predicted octanol–water partition coefficient (Wildman–Crippen LogP) is 3.96. The van der Waals surface area contributed by atoms with Crippen molar-refractivity contribution in [3.8, 4) is 0 Å². The van der Waals surface area contributed by atoms with Crippen molar-refractivity contribution in [3.63, 3.8) is 0 Å². The molecule has 1 spiro atoms. The van der Waals surface area contributed by atoms with Gasteiger partial charge in [-0.3, -0.25) is 9.88 Å². The average Bonchev–Trinajstić information content (AvgIpc) is 3.41. The Morgan fingerprint density at radius 3 is 2.53 bits per heavy atom. The summed E-state index contributed by atoms with van der Waals surface area (Å²) in [5.41, 5.74) is 1.44. The van der Waals surface area contributed by atoms with Crippen molar-refractivity contribution in [2.45, 2.75) is 69.3 Å². The van der Waals surface area contributed by atoms with Gasteiger partial charge in [0, 0.05) is 44.6 Å². The molecule has 32 heavy (non-hydrogen) atoms. The van der Waals surface area contributed by atoms with Crippen molar-refractivity contribution < 1.29 is 27.8 Å². The second kappa shape index (κ2) is 10.9. The van der Waals surface area contributed by atoms with E-state index in [0.717, 1.165) is 19.1 Å². The smallest absolute Gasteiger partial charge is 0.475 e. The summed E-state index contributed by atoms with van der Waals surface area (Å²) in [5, 5.41) is 7.12. The maximum Gasteiger partial charge on any atom is 0.490 e. The lowest BCUT2D eigenvalue weighted by molar-refractivity contribution is -0.192. The third kappa shape index (κ3) is 7.15. The number of alkyl halides is 3. The van der Waals surface area contributed by atoms with E-state index < -0.39 is 12.1 Å². The predicted molar refractivity (Wildman–Crippen MR) is 114 cm³/mol. The fraction of sp³-hybridized carbons (Fsp3) is 0.739. The van der Waals surface area contributed by atoms with Crippen LogP contribution in [0.3, 0.4) is 0 Å². The first kappa shape index (κ1) is 24.9. The third-order valence-corrected chi connectivity index (χ3v) is 6.97. The van der Waals surface area contributed by atoms with Crippen LogP contribution in [0.4, 0.5) is 13.2 Å². The standard InChI is InChI=1S/C21H33N3O.C2HF3O2/c1-23(15-19-7-4-10-22-14-19)20-13-21(25-17-20)8-11-24(12-9-21)16-18-5-2-3-6-18;3-2(4,5)1(6)7/h4,7,10,14,18,20H,2-3,5-6,8-9,11-13,15-17H2,1H3;(H,6,7). The topological polar surface area (TPSA) is 65.9 Å². The second-order valence-corrected chi connectivity index (χ2v) is 9.38. The number of pyridine rings is 1. The van der Waals surface area contributed by atoms with Crippen molar-refractivity contribution in [1.82, 2.24) is 14.8 Å². The van der Waals surface area contributed by atoms with Crippen molar-refractivity contribution in [2.24, 2.45) is 5.92 Å². The Morgan fingerprint density at radius 2 is 1.97 bits per heavy atom. The molecule has 1 atom stereocenters. The highest BCUT2D eigenvalue weighted by atomic mass is 19.4. The molecule has 3 heterocycles. The van der Waals surface area contributed by atoms with Gasteiger partial charge in [0.25, 0.3) is 0 Å². The van der Waals surface area contributed by atoms with E-state index in [0.29, 0.717) is 6.04 Å². The number of carbonyl (C=O) groups is 1. The first-order chi connectivity index (χ1) is 15.2. The van der Waals surface area contributed by atoms with Crippen LogP contribution in [-0.2, 0) is 16.1 Å². The number of carboxylic acid groups (broad SMARTS) is 1. The average molecular weight is 458 g/mol. The molecule has 0 radical (unpaired) electrons. The molecular formula is C23H34F3N3O3. The van der Waals surface area contributed by atoms with E-state index in [1.54, 1.807) is 0 Å². The molecule has 1 unspecified atom stereocenters. The molecule has 3 fully saturated rings. The summed E-state index contributed by atoms with van der Waals surface area (Å²) in [5.74, 6) is -1.79. The van der Waals surface area contributed by atoms with Crippen LogP contribution in [0.2, 0.25) is 0 Å². The monoisotopic (exact) mass is 457 g/mol. The maximum atomic E-state index is 10.6. The molecule has 1 aromatic heterocycles. The number of likely N-dealkylation sites (tertiary alicyclic amines) is 1. The van der Waals surface area contributed by atoms with Gasteiger partial charge < -0.3 is 14.7 Å². The Bertz CT molecular complexity index is 718. The lowest BCUT2D eigenvalue weighted by Gasteiger charge is -2.39. The molecule has 1 aliphatic carbocycles. The number of aromatic nitrogens is 1. The molecule has 6 nitrogen and oxygen atoms in total. The lowest BCUT2D eigenvalue weighted by Crippen LogP contribution is -2.46. The van der Waals surface area contributed by atoms with Gasteiger partial charge in [-0.2, -0.15) is 13.2 Å². The molecule has 2 aliphatic heterocycles. The highest BCUT2D eigenvalue weighted by Gasteiger charge is 2.44. The molecule has 1 saturated carbocycles. The molecule has 0 bridgehead atoms. The van der Waals surface area contributed by atoms with Gasteiger partial charge in [0.1, 0.15) is 0 Å². The van der Waals surface area contributed by atoms with Crippen molar-refractivity contribution in [1.29, 1.82) is 0 Å². The SMILES string of the molecule is CN(Cc1cccnc1)C1COC2(CCN(CC3CCCC3)CC2)C1.O=C(O)C(F)(F)F. The zero-order valence-corrected chi connectivity index (χ0v) is 18.7. The van der Waals surface area contributed by atoms with Crippen molar-refractivity contribution >= 4 is 5.97 Å². The summed E-state index contributed by atoms with van der Waals surface area (Å²) in [6, 6.07) is 4.73. The van der Waals surface area contributed by atoms with Crippen molar-refractivity contribution in [3.05, 3.63) is 30.1 Å². The fourth-order valence-electron chi connectivity index (χ4n) is 5.06. The fourth-order valence-corrected chi connectivity index (χ4v) is 5.06. The number of aliphatic carboxylic acids is 1. The highest BCUT2D eigenvalue weighted by Crippen LogP contribution is 2.38. The molecule has 0 amide bonds. The van der Waals surface area contributed by atoms with E-state index in [1.165, 1.54) is 70.1 Å². The highest BCUT2D eigenvalue weighted by molar-refractivity contribution is 5.73. The van der Waals surface area contributed by atoms with Crippen LogP contribution in [0.25, 0.3) is 0 Å². The number of piperidine rings is 1. The summed E-state index contributed by atoms with van der Waals surface area (Å²) in [6.45, 7) is 5.65. The van der Waals surface area contributed by atoms with E-state index in [1.807, 2.05) is 18.5 Å². The largest absolute Gasteiger partial charge is 0.490 e. The van der Waals surface area contributed by atoms with Gasteiger partial charge in [-0.05, 0) is 56.7 Å². The molecule has 9 heteroatoms. The number of nitrogens with zero attached hydrogens (tertiary/aromatic N) is 3. The molecule has 3 aliphatic rings. The van der Waals surface area contributed by atoms with Crippen LogP contribution < -0.4 is 0 Å². The molecule has 180 valence electrons. The Kier molecular flexibility index (Phi) is 8.52. The molecule has 2 saturated heterocycles.